The lowest BCUT2D eigenvalue weighted by molar-refractivity contribution is 0.660. The van der Waals surface area contributed by atoms with Crippen LogP contribution in [0, 0.1) is 11.3 Å². The molecule has 0 unspecified atom stereocenters. The van der Waals surface area contributed by atoms with Gasteiger partial charge in [-0.3, -0.25) is 0 Å². The van der Waals surface area contributed by atoms with Gasteiger partial charge in [0, 0.05) is 22.1 Å². The molecule has 0 amide bonds. The van der Waals surface area contributed by atoms with E-state index in [1.54, 1.807) is 12.1 Å². The highest BCUT2D eigenvalue weighted by Crippen LogP contribution is 2.51. The van der Waals surface area contributed by atoms with Gasteiger partial charge in [0.1, 0.15) is 0 Å². The second kappa shape index (κ2) is 13.0. The van der Waals surface area contributed by atoms with Crippen molar-refractivity contribution < 1.29 is 0 Å². The molecule has 0 saturated carbocycles. The largest absolute Gasteiger partial charge is 0.208 e. The molecule has 0 spiro atoms. The Bertz CT molecular complexity index is 2650. The summed E-state index contributed by atoms with van der Waals surface area (Å²) < 4.78 is 0. The van der Waals surface area contributed by atoms with Gasteiger partial charge in [0.2, 0.25) is 0 Å². The van der Waals surface area contributed by atoms with E-state index in [0.717, 1.165) is 27.8 Å². The third-order valence-corrected chi connectivity index (χ3v) is 10.4. The first-order chi connectivity index (χ1) is 26.0. The van der Waals surface area contributed by atoms with E-state index < -0.39 is 0 Å². The van der Waals surface area contributed by atoms with E-state index >= 15 is 0 Å². The van der Waals surface area contributed by atoms with Crippen LogP contribution in [-0.4, -0.2) is 15.0 Å². The van der Waals surface area contributed by atoms with Crippen LogP contribution in [0.4, 0.5) is 0 Å². The first-order valence-corrected chi connectivity index (χ1v) is 17.8. The Hall–Kier alpha value is -6.96. The maximum Gasteiger partial charge on any atom is 0.164 e. The van der Waals surface area contributed by atoms with Crippen molar-refractivity contribution in [1.82, 2.24) is 15.0 Å². The van der Waals surface area contributed by atoms with Crippen molar-refractivity contribution in [1.29, 1.82) is 5.26 Å². The molecule has 0 fully saturated rings. The highest BCUT2D eigenvalue weighted by atomic mass is 15.0. The average Bonchev–Trinajstić information content (AvgIpc) is 3.46. The molecule has 0 atom stereocenters. The smallest absolute Gasteiger partial charge is 0.164 e. The molecule has 0 saturated heterocycles. The van der Waals surface area contributed by atoms with Crippen molar-refractivity contribution in [3.05, 3.63) is 187 Å². The van der Waals surface area contributed by atoms with Crippen LogP contribution in [0.15, 0.2) is 170 Å². The molecule has 9 rings (SSSR count). The second-order valence-corrected chi connectivity index (χ2v) is 14.0. The van der Waals surface area contributed by atoms with Gasteiger partial charge in [0.25, 0.3) is 0 Å². The fourth-order valence-electron chi connectivity index (χ4n) is 7.54. The lowest BCUT2D eigenvalue weighted by Gasteiger charge is -2.23. The predicted molar refractivity (Wildman–Crippen MR) is 215 cm³/mol. The summed E-state index contributed by atoms with van der Waals surface area (Å²) in [5, 5.41) is 9.29. The van der Waals surface area contributed by atoms with Crippen molar-refractivity contribution in [2.45, 2.75) is 19.3 Å². The van der Waals surface area contributed by atoms with E-state index in [9.17, 15) is 5.26 Å². The molecule has 7 aromatic carbocycles. The van der Waals surface area contributed by atoms with Crippen LogP contribution in [-0.2, 0) is 5.41 Å². The number of nitrogens with zero attached hydrogens (tertiary/aromatic N) is 4. The zero-order valence-corrected chi connectivity index (χ0v) is 29.5. The Kier molecular flexibility index (Phi) is 7.83. The SMILES string of the molecule is CC1(C)c2ccccc2-c2cc(-c3ccccc3)c(-c3ccc(-c4ccc(-c5nc(-c6ccccc6)nc(-c6ccc(C#N)cc6)n5)cc4)cc3)cc21. The molecule has 250 valence electrons. The van der Waals surface area contributed by atoms with Gasteiger partial charge in [-0.25, -0.2) is 15.0 Å². The highest BCUT2D eigenvalue weighted by molar-refractivity contribution is 5.92. The molecule has 1 aliphatic carbocycles. The first kappa shape index (κ1) is 32.0. The molecular formula is C49H34N4. The Morgan fingerprint density at radius 3 is 1.36 bits per heavy atom. The highest BCUT2D eigenvalue weighted by Gasteiger charge is 2.36. The summed E-state index contributed by atoms with van der Waals surface area (Å²) in [4.78, 5) is 14.6. The van der Waals surface area contributed by atoms with Gasteiger partial charge >= 0.3 is 0 Å². The Balaban J connectivity index is 1.07. The monoisotopic (exact) mass is 678 g/mol. The number of hydrogen-bond acceptors (Lipinski definition) is 4. The molecule has 0 N–H and O–H groups in total. The number of nitriles is 1. The van der Waals surface area contributed by atoms with Crippen LogP contribution in [0.1, 0.15) is 30.5 Å². The van der Waals surface area contributed by atoms with E-state index in [2.05, 4.69) is 135 Å². The van der Waals surface area contributed by atoms with E-state index in [0.29, 0.717) is 23.0 Å². The minimum Gasteiger partial charge on any atom is -0.208 e. The number of hydrogen-bond donors (Lipinski definition) is 0. The summed E-state index contributed by atoms with van der Waals surface area (Å²) in [6.07, 6.45) is 0. The van der Waals surface area contributed by atoms with Gasteiger partial charge < -0.3 is 0 Å². The summed E-state index contributed by atoms with van der Waals surface area (Å²) >= 11 is 0. The fraction of sp³-hybridized carbons (Fsp3) is 0.0612. The molecule has 4 heteroatoms. The lowest BCUT2D eigenvalue weighted by Crippen LogP contribution is -2.15. The maximum absolute atomic E-state index is 9.29. The van der Waals surface area contributed by atoms with Crippen LogP contribution >= 0.6 is 0 Å². The third-order valence-electron chi connectivity index (χ3n) is 10.4. The lowest BCUT2D eigenvalue weighted by atomic mass is 9.80. The van der Waals surface area contributed by atoms with E-state index in [1.807, 2.05) is 42.5 Å². The van der Waals surface area contributed by atoms with Crippen molar-refractivity contribution in [2.75, 3.05) is 0 Å². The Morgan fingerprint density at radius 2 is 0.792 bits per heavy atom. The quantitative estimate of drug-likeness (QED) is 0.176. The number of fused-ring (bicyclic) bond motifs is 3. The van der Waals surface area contributed by atoms with Gasteiger partial charge in [0.15, 0.2) is 17.5 Å². The first-order valence-electron chi connectivity index (χ1n) is 17.8. The van der Waals surface area contributed by atoms with Gasteiger partial charge in [0.05, 0.1) is 11.6 Å². The Labute approximate surface area is 309 Å². The third kappa shape index (κ3) is 5.79. The van der Waals surface area contributed by atoms with Crippen molar-refractivity contribution in [3.8, 4) is 84.7 Å². The molecule has 8 aromatic rings. The van der Waals surface area contributed by atoms with Crippen LogP contribution in [0.3, 0.4) is 0 Å². The zero-order chi connectivity index (χ0) is 35.9. The van der Waals surface area contributed by atoms with Crippen LogP contribution in [0.5, 0.6) is 0 Å². The summed E-state index contributed by atoms with van der Waals surface area (Å²) in [6.45, 7) is 4.67. The minimum absolute atomic E-state index is 0.0826. The fourth-order valence-corrected chi connectivity index (χ4v) is 7.54. The molecule has 0 radical (unpaired) electrons. The molecule has 4 nitrogen and oxygen atoms in total. The molecule has 0 bridgehead atoms. The van der Waals surface area contributed by atoms with Gasteiger partial charge in [-0.2, -0.15) is 5.26 Å². The standard InChI is InChI=1S/C49H34N4/c1-49(2)44-16-10-9-15-40(44)43-29-41(35-11-5-3-6-12-35)42(30-45(43)49)36-25-21-33(22-26-36)34-23-27-39(28-24-34)48-52-46(37-13-7-4-8-14-37)51-47(53-48)38-19-17-32(31-50)18-20-38/h3-30H,1-2H3. The van der Waals surface area contributed by atoms with Gasteiger partial charge in [-0.15, -0.1) is 0 Å². The predicted octanol–water partition coefficient (Wildman–Crippen LogP) is 12.1. The molecule has 0 aliphatic heterocycles. The topological polar surface area (TPSA) is 62.5 Å². The van der Waals surface area contributed by atoms with E-state index in [4.69, 9.17) is 15.0 Å². The molecule has 1 aliphatic rings. The van der Waals surface area contributed by atoms with Crippen LogP contribution in [0.25, 0.3) is 78.7 Å². The molecule has 53 heavy (non-hydrogen) atoms. The molecule has 1 aromatic heterocycles. The minimum atomic E-state index is -0.0826. The van der Waals surface area contributed by atoms with Gasteiger partial charge in [-0.05, 0) is 92.0 Å². The number of rotatable bonds is 6. The molecule has 1 heterocycles. The van der Waals surface area contributed by atoms with Crippen molar-refractivity contribution >= 4 is 0 Å². The van der Waals surface area contributed by atoms with Crippen LogP contribution in [0.2, 0.25) is 0 Å². The summed E-state index contributed by atoms with van der Waals surface area (Å²) in [5.41, 5.74) is 15.7. The maximum atomic E-state index is 9.29. The number of aromatic nitrogens is 3. The average molecular weight is 679 g/mol. The van der Waals surface area contributed by atoms with Crippen molar-refractivity contribution in [2.24, 2.45) is 0 Å². The van der Waals surface area contributed by atoms with E-state index in [-0.39, 0.29) is 5.41 Å². The number of benzene rings is 7. The van der Waals surface area contributed by atoms with Gasteiger partial charge in [-0.1, -0.05) is 147 Å². The summed E-state index contributed by atoms with van der Waals surface area (Å²) in [7, 11) is 0. The Morgan fingerprint density at radius 1 is 0.377 bits per heavy atom. The van der Waals surface area contributed by atoms with Crippen LogP contribution < -0.4 is 0 Å². The molecular weight excluding hydrogens is 645 g/mol. The van der Waals surface area contributed by atoms with Crippen molar-refractivity contribution in [3.63, 3.8) is 0 Å². The normalized spacial score (nSPS) is 12.5. The van der Waals surface area contributed by atoms with E-state index in [1.165, 1.54) is 44.5 Å². The second-order valence-electron chi connectivity index (χ2n) is 14.0. The zero-order valence-electron chi connectivity index (χ0n) is 29.5. The summed E-state index contributed by atoms with van der Waals surface area (Å²) in [6, 6.07) is 61.1. The summed E-state index contributed by atoms with van der Waals surface area (Å²) in [5.74, 6) is 1.75.